The molecule has 1 aliphatic carbocycles. The molecule has 2 N–H and O–H groups in total. The van der Waals surface area contributed by atoms with E-state index in [4.69, 9.17) is 0 Å². The second kappa shape index (κ2) is 7.73. The van der Waals surface area contributed by atoms with Crippen LogP contribution in [0.25, 0.3) is 0 Å². The fourth-order valence-corrected chi connectivity index (χ4v) is 3.76. The number of hydrogen-bond donors (Lipinski definition) is 2. The minimum Gasteiger partial charge on any atom is -0.481 e. The van der Waals surface area contributed by atoms with E-state index in [1.54, 1.807) is 0 Å². The van der Waals surface area contributed by atoms with Gasteiger partial charge in [0.25, 0.3) is 0 Å². The quantitative estimate of drug-likeness (QED) is 0.855. The van der Waals surface area contributed by atoms with Crippen LogP contribution in [0.2, 0.25) is 0 Å². The lowest BCUT2D eigenvalue weighted by Gasteiger charge is -2.23. The maximum atomic E-state index is 12.8. The van der Waals surface area contributed by atoms with E-state index in [0.29, 0.717) is 19.3 Å². The number of carboxylic acids is 1. The number of rotatable bonds is 5. The highest BCUT2D eigenvalue weighted by atomic mass is 16.4. The molecule has 1 aliphatic rings. The van der Waals surface area contributed by atoms with Crippen molar-refractivity contribution < 1.29 is 14.7 Å². The number of hydrogen-bond acceptors (Lipinski definition) is 2. The van der Waals surface area contributed by atoms with Crippen molar-refractivity contribution in [3.8, 4) is 0 Å². The highest BCUT2D eigenvalue weighted by molar-refractivity contribution is 5.81. The molecule has 1 amide bonds. The lowest BCUT2D eigenvalue weighted by Crippen LogP contribution is -2.34. The third-order valence-corrected chi connectivity index (χ3v) is 5.19. The van der Waals surface area contributed by atoms with Crippen LogP contribution in [0.5, 0.6) is 0 Å². The molecule has 4 heteroatoms. The van der Waals surface area contributed by atoms with Gasteiger partial charge in [0.15, 0.2) is 0 Å². The van der Waals surface area contributed by atoms with Gasteiger partial charge in [-0.3, -0.25) is 9.59 Å². The summed E-state index contributed by atoms with van der Waals surface area (Å²) in [5, 5.41) is 12.4. The Morgan fingerprint density at radius 2 is 1.50 bits per heavy atom. The van der Waals surface area contributed by atoms with Crippen LogP contribution in [-0.2, 0) is 9.59 Å². The zero-order valence-electron chi connectivity index (χ0n) is 15.2. The molecule has 26 heavy (non-hydrogen) atoms. The number of benzene rings is 2. The molecule has 0 heterocycles. The van der Waals surface area contributed by atoms with Crippen LogP contribution in [0, 0.1) is 25.7 Å². The van der Waals surface area contributed by atoms with Crippen molar-refractivity contribution in [1.82, 2.24) is 5.32 Å². The predicted octanol–water partition coefficient (Wildman–Crippen LogP) is 4.01. The monoisotopic (exact) mass is 351 g/mol. The molecule has 2 aromatic rings. The zero-order valence-corrected chi connectivity index (χ0v) is 15.2. The molecule has 2 atom stereocenters. The molecule has 0 radical (unpaired) electrons. The van der Waals surface area contributed by atoms with Crippen molar-refractivity contribution in [3.05, 3.63) is 70.8 Å². The van der Waals surface area contributed by atoms with Crippen LogP contribution in [-0.4, -0.2) is 17.0 Å². The van der Waals surface area contributed by atoms with Gasteiger partial charge in [0.2, 0.25) is 5.91 Å². The number of carbonyl (C=O) groups is 2. The van der Waals surface area contributed by atoms with Crippen molar-refractivity contribution >= 4 is 11.9 Å². The third-order valence-electron chi connectivity index (χ3n) is 5.19. The smallest absolute Gasteiger partial charge is 0.306 e. The average molecular weight is 351 g/mol. The van der Waals surface area contributed by atoms with Gasteiger partial charge in [-0.15, -0.1) is 0 Å². The molecular weight excluding hydrogens is 326 g/mol. The summed E-state index contributed by atoms with van der Waals surface area (Å²) < 4.78 is 0. The molecule has 136 valence electrons. The largest absolute Gasteiger partial charge is 0.481 e. The zero-order chi connectivity index (χ0) is 18.7. The van der Waals surface area contributed by atoms with Crippen molar-refractivity contribution in [3.63, 3.8) is 0 Å². The lowest BCUT2D eigenvalue weighted by atomic mass is 9.95. The van der Waals surface area contributed by atoms with Crippen LogP contribution in [0.3, 0.4) is 0 Å². The number of carboxylic acid groups (broad SMARTS) is 1. The molecule has 1 saturated carbocycles. The maximum absolute atomic E-state index is 12.8. The average Bonchev–Trinajstić information content (AvgIpc) is 3.10. The van der Waals surface area contributed by atoms with Crippen LogP contribution < -0.4 is 5.32 Å². The van der Waals surface area contributed by atoms with Gasteiger partial charge in [0.1, 0.15) is 0 Å². The van der Waals surface area contributed by atoms with Gasteiger partial charge in [0.05, 0.1) is 12.0 Å². The summed E-state index contributed by atoms with van der Waals surface area (Å²) in [6, 6.07) is 16.0. The van der Waals surface area contributed by atoms with E-state index in [1.165, 1.54) is 0 Å². The Hall–Kier alpha value is -2.62. The highest BCUT2D eigenvalue weighted by Gasteiger charge is 2.34. The van der Waals surface area contributed by atoms with Crippen LogP contribution >= 0.6 is 0 Å². The number of carbonyl (C=O) groups excluding carboxylic acids is 1. The molecule has 1 fully saturated rings. The molecule has 4 nitrogen and oxygen atoms in total. The van der Waals surface area contributed by atoms with Gasteiger partial charge in [-0.05, 0) is 44.2 Å². The topological polar surface area (TPSA) is 66.4 Å². The molecule has 0 aliphatic heterocycles. The molecule has 0 saturated heterocycles. The lowest BCUT2D eigenvalue weighted by molar-refractivity contribution is -0.141. The van der Waals surface area contributed by atoms with Gasteiger partial charge >= 0.3 is 5.97 Å². The standard InChI is InChI=1S/C22H25NO3/c1-14-5-3-7-16(11-14)20(17-8-4-6-15(2)12-17)23-21(24)18-9-10-19(13-18)22(25)26/h3-8,11-12,18-20H,9-10,13H2,1-2H3,(H,23,24)(H,25,26)/t18-,19+/m1/s1. The predicted molar refractivity (Wildman–Crippen MR) is 101 cm³/mol. The first-order valence-electron chi connectivity index (χ1n) is 9.10. The number of amides is 1. The Bertz CT molecular complexity index is 769. The molecule has 2 aromatic carbocycles. The Balaban J connectivity index is 1.84. The van der Waals surface area contributed by atoms with E-state index in [-0.39, 0.29) is 17.9 Å². The summed E-state index contributed by atoms with van der Waals surface area (Å²) in [7, 11) is 0. The maximum Gasteiger partial charge on any atom is 0.306 e. The van der Waals surface area contributed by atoms with E-state index < -0.39 is 11.9 Å². The van der Waals surface area contributed by atoms with E-state index in [2.05, 4.69) is 17.4 Å². The summed E-state index contributed by atoms with van der Waals surface area (Å²) in [5.41, 5.74) is 4.36. The van der Waals surface area contributed by atoms with E-state index >= 15 is 0 Å². The van der Waals surface area contributed by atoms with Gasteiger partial charge in [-0.2, -0.15) is 0 Å². The Kier molecular flexibility index (Phi) is 5.40. The van der Waals surface area contributed by atoms with Gasteiger partial charge in [-0.1, -0.05) is 59.7 Å². The second-order valence-electron chi connectivity index (χ2n) is 7.32. The summed E-state index contributed by atoms with van der Waals surface area (Å²) >= 11 is 0. The first-order valence-corrected chi connectivity index (χ1v) is 9.10. The van der Waals surface area contributed by atoms with Gasteiger partial charge in [0, 0.05) is 5.92 Å². The Morgan fingerprint density at radius 3 is 1.96 bits per heavy atom. The Labute approximate surface area is 154 Å². The normalized spacial score (nSPS) is 19.5. The molecule has 0 unspecified atom stereocenters. The molecule has 3 rings (SSSR count). The summed E-state index contributed by atoms with van der Waals surface area (Å²) in [5.74, 6) is -1.48. The minimum absolute atomic E-state index is 0.0539. The van der Waals surface area contributed by atoms with E-state index in [9.17, 15) is 14.7 Å². The molecular formula is C22H25NO3. The summed E-state index contributed by atoms with van der Waals surface area (Å²) in [6.45, 7) is 4.07. The summed E-state index contributed by atoms with van der Waals surface area (Å²) in [6.07, 6.45) is 1.64. The minimum atomic E-state index is -0.797. The van der Waals surface area contributed by atoms with Crippen molar-refractivity contribution in [2.45, 2.75) is 39.2 Å². The van der Waals surface area contributed by atoms with E-state index in [1.807, 2.05) is 50.2 Å². The number of nitrogens with one attached hydrogen (secondary N) is 1. The molecule has 0 bridgehead atoms. The van der Waals surface area contributed by atoms with Gasteiger partial charge in [-0.25, -0.2) is 0 Å². The van der Waals surface area contributed by atoms with E-state index in [0.717, 1.165) is 22.3 Å². The first-order chi connectivity index (χ1) is 12.4. The van der Waals surface area contributed by atoms with Crippen LogP contribution in [0.1, 0.15) is 47.6 Å². The third kappa shape index (κ3) is 4.13. The number of aryl methyl sites for hydroxylation is 2. The van der Waals surface area contributed by atoms with Crippen molar-refractivity contribution in [2.24, 2.45) is 11.8 Å². The molecule has 0 spiro atoms. The second-order valence-corrected chi connectivity index (χ2v) is 7.32. The van der Waals surface area contributed by atoms with Crippen LogP contribution in [0.15, 0.2) is 48.5 Å². The van der Waals surface area contributed by atoms with Crippen molar-refractivity contribution in [1.29, 1.82) is 0 Å². The Morgan fingerprint density at radius 1 is 0.962 bits per heavy atom. The van der Waals surface area contributed by atoms with Crippen LogP contribution in [0.4, 0.5) is 0 Å². The summed E-state index contributed by atoms with van der Waals surface area (Å²) in [4.78, 5) is 24.0. The highest BCUT2D eigenvalue weighted by Crippen LogP contribution is 2.32. The molecule has 0 aromatic heterocycles. The fourth-order valence-electron chi connectivity index (χ4n) is 3.76. The number of aliphatic carboxylic acids is 1. The SMILES string of the molecule is Cc1cccc(C(NC(=O)[C@@H]2CC[C@H](C(=O)O)C2)c2cccc(C)c2)c1. The first kappa shape index (κ1) is 18.2. The van der Waals surface area contributed by atoms with Gasteiger partial charge < -0.3 is 10.4 Å². The van der Waals surface area contributed by atoms with Crippen molar-refractivity contribution in [2.75, 3.05) is 0 Å². The fraction of sp³-hybridized carbons (Fsp3) is 0.364.